The fourth-order valence-corrected chi connectivity index (χ4v) is 4.46. The van der Waals surface area contributed by atoms with E-state index < -0.39 is 9.84 Å². The molecule has 0 spiro atoms. The molecule has 2 rings (SSSR count). The number of rotatable bonds is 3. The molecular weight excluding hydrogens is 270 g/mol. The van der Waals surface area contributed by atoms with Gasteiger partial charge < -0.3 is 5.32 Å². The Hall–Kier alpha value is -0.690. The van der Waals surface area contributed by atoms with Crippen LogP contribution in [0.5, 0.6) is 0 Å². The van der Waals surface area contributed by atoms with Gasteiger partial charge in [-0.25, -0.2) is 8.42 Å². The standard InChI is InChI=1S/C11H19N3O2S2/c1-11(2,3)9-13-14-10(17-9)12-7-8-5-4-6-18(8,15)16/h8H,4-7H2,1-3H3,(H,12,14). The molecule has 1 saturated heterocycles. The Labute approximate surface area is 112 Å². The second-order valence-corrected chi connectivity index (χ2v) is 9.05. The third kappa shape index (κ3) is 3.00. The Bertz CT molecular complexity index is 517. The van der Waals surface area contributed by atoms with Crippen molar-refractivity contribution in [2.45, 2.75) is 44.3 Å². The van der Waals surface area contributed by atoms with Crippen molar-refractivity contribution in [1.82, 2.24) is 10.2 Å². The second-order valence-electron chi connectivity index (χ2n) is 5.67. The molecule has 1 aliphatic rings. The summed E-state index contributed by atoms with van der Waals surface area (Å²) in [4.78, 5) is 0. The van der Waals surface area contributed by atoms with E-state index in [2.05, 4.69) is 36.3 Å². The van der Waals surface area contributed by atoms with Crippen molar-refractivity contribution >= 4 is 26.3 Å². The molecule has 0 bridgehead atoms. The number of hydrogen-bond donors (Lipinski definition) is 1. The molecule has 0 aliphatic carbocycles. The molecule has 5 nitrogen and oxygen atoms in total. The van der Waals surface area contributed by atoms with Gasteiger partial charge in [0.25, 0.3) is 0 Å². The molecule has 2 heterocycles. The maximum Gasteiger partial charge on any atom is 0.205 e. The van der Waals surface area contributed by atoms with Crippen LogP contribution in [0.15, 0.2) is 0 Å². The van der Waals surface area contributed by atoms with Crippen molar-refractivity contribution < 1.29 is 8.42 Å². The van der Waals surface area contributed by atoms with Crippen LogP contribution in [0.2, 0.25) is 0 Å². The zero-order chi connectivity index (χ0) is 13.4. The van der Waals surface area contributed by atoms with Crippen molar-refractivity contribution in [3.05, 3.63) is 5.01 Å². The lowest BCUT2D eigenvalue weighted by molar-refractivity contribution is 0.578. The summed E-state index contributed by atoms with van der Waals surface area (Å²) in [6, 6.07) is 0. The highest BCUT2D eigenvalue weighted by atomic mass is 32.2. The van der Waals surface area contributed by atoms with Gasteiger partial charge in [0, 0.05) is 12.0 Å². The number of sulfone groups is 1. The van der Waals surface area contributed by atoms with Crippen LogP contribution in [0.4, 0.5) is 5.13 Å². The Balaban J connectivity index is 1.97. The number of aromatic nitrogens is 2. The van der Waals surface area contributed by atoms with E-state index in [0.717, 1.165) is 17.8 Å². The van der Waals surface area contributed by atoms with E-state index >= 15 is 0 Å². The lowest BCUT2D eigenvalue weighted by Crippen LogP contribution is -2.24. The van der Waals surface area contributed by atoms with Crippen molar-refractivity contribution in [3.63, 3.8) is 0 Å². The highest BCUT2D eigenvalue weighted by molar-refractivity contribution is 7.92. The summed E-state index contributed by atoms with van der Waals surface area (Å²) < 4.78 is 23.3. The first-order chi connectivity index (χ1) is 8.29. The highest BCUT2D eigenvalue weighted by Gasteiger charge is 2.31. The van der Waals surface area contributed by atoms with Gasteiger partial charge in [-0.15, -0.1) is 10.2 Å². The fourth-order valence-electron chi connectivity index (χ4n) is 1.89. The minimum Gasteiger partial charge on any atom is -0.359 e. The maximum absolute atomic E-state index is 11.7. The molecule has 1 aromatic heterocycles. The molecule has 1 unspecified atom stereocenters. The largest absolute Gasteiger partial charge is 0.359 e. The average molecular weight is 289 g/mol. The molecule has 1 fully saturated rings. The summed E-state index contributed by atoms with van der Waals surface area (Å²) in [5.74, 6) is 0.322. The SMILES string of the molecule is CC(C)(C)c1nnc(NCC2CCCS2(=O)=O)s1. The number of hydrogen-bond acceptors (Lipinski definition) is 6. The summed E-state index contributed by atoms with van der Waals surface area (Å²) >= 11 is 1.50. The van der Waals surface area contributed by atoms with Crippen molar-refractivity contribution in [2.75, 3.05) is 17.6 Å². The first-order valence-corrected chi connectivity index (χ1v) is 8.62. The van der Waals surface area contributed by atoms with Gasteiger partial charge in [-0.3, -0.25) is 0 Å². The summed E-state index contributed by atoms with van der Waals surface area (Å²) in [5, 5.41) is 12.7. The molecule has 102 valence electrons. The molecule has 1 N–H and O–H groups in total. The smallest absolute Gasteiger partial charge is 0.205 e. The van der Waals surface area contributed by atoms with Crippen LogP contribution in [0, 0.1) is 0 Å². The van der Waals surface area contributed by atoms with Crippen molar-refractivity contribution in [1.29, 1.82) is 0 Å². The Morgan fingerprint density at radius 3 is 2.61 bits per heavy atom. The van der Waals surface area contributed by atoms with E-state index in [9.17, 15) is 8.42 Å². The highest BCUT2D eigenvalue weighted by Crippen LogP contribution is 2.28. The molecule has 0 aromatic carbocycles. The third-order valence-corrected chi connectivity index (χ3v) is 6.59. The van der Waals surface area contributed by atoms with E-state index in [1.165, 1.54) is 11.3 Å². The minimum absolute atomic E-state index is 0.0168. The van der Waals surface area contributed by atoms with Crippen molar-refractivity contribution in [3.8, 4) is 0 Å². The quantitative estimate of drug-likeness (QED) is 0.919. The van der Waals surface area contributed by atoms with Crippen LogP contribution in [0.25, 0.3) is 0 Å². The van der Waals surface area contributed by atoms with E-state index in [1.54, 1.807) is 0 Å². The van der Waals surface area contributed by atoms with E-state index in [-0.39, 0.29) is 10.7 Å². The summed E-state index contributed by atoms with van der Waals surface area (Å²) in [6.07, 6.45) is 1.53. The molecule has 0 amide bonds. The van der Waals surface area contributed by atoms with Crippen LogP contribution >= 0.6 is 11.3 Å². The third-order valence-electron chi connectivity index (χ3n) is 3.01. The molecule has 18 heavy (non-hydrogen) atoms. The molecular formula is C11H19N3O2S2. The Morgan fingerprint density at radius 1 is 1.39 bits per heavy atom. The van der Waals surface area contributed by atoms with Gasteiger partial charge in [-0.1, -0.05) is 32.1 Å². The van der Waals surface area contributed by atoms with Gasteiger partial charge in [-0.05, 0) is 12.8 Å². The van der Waals surface area contributed by atoms with Crippen LogP contribution in [0.1, 0.15) is 38.6 Å². The van der Waals surface area contributed by atoms with E-state index in [4.69, 9.17) is 0 Å². The van der Waals surface area contributed by atoms with Crippen LogP contribution < -0.4 is 5.32 Å². The summed E-state index contributed by atoms with van der Waals surface area (Å²) in [7, 11) is -2.88. The van der Waals surface area contributed by atoms with E-state index in [0.29, 0.717) is 17.4 Å². The molecule has 1 atom stereocenters. The fraction of sp³-hybridized carbons (Fsp3) is 0.818. The topological polar surface area (TPSA) is 72.0 Å². The molecule has 7 heteroatoms. The minimum atomic E-state index is -2.88. The van der Waals surface area contributed by atoms with Gasteiger partial charge in [0.05, 0.1) is 11.0 Å². The van der Waals surface area contributed by atoms with Gasteiger partial charge in [0.1, 0.15) is 5.01 Å². The lowest BCUT2D eigenvalue weighted by atomic mass is 9.98. The van der Waals surface area contributed by atoms with Crippen molar-refractivity contribution in [2.24, 2.45) is 0 Å². The monoisotopic (exact) mass is 289 g/mol. The number of nitrogens with zero attached hydrogens (tertiary/aromatic N) is 2. The lowest BCUT2D eigenvalue weighted by Gasteiger charge is -2.12. The Kier molecular flexibility index (Phi) is 3.64. The molecule has 1 aliphatic heterocycles. The Morgan fingerprint density at radius 2 is 2.11 bits per heavy atom. The first-order valence-electron chi connectivity index (χ1n) is 6.08. The zero-order valence-corrected chi connectivity index (χ0v) is 12.6. The van der Waals surface area contributed by atoms with Gasteiger partial charge in [0.2, 0.25) is 5.13 Å². The number of nitrogens with one attached hydrogen (secondary N) is 1. The molecule has 0 saturated carbocycles. The summed E-state index contributed by atoms with van der Waals surface area (Å²) in [6.45, 7) is 6.69. The van der Waals surface area contributed by atoms with Gasteiger partial charge in [0.15, 0.2) is 9.84 Å². The average Bonchev–Trinajstić information content (AvgIpc) is 2.80. The number of anilines is 1. The van der Waals surface area contributed by atoms with Gasteiger partial charge in [-0.2, -0.15) is 0 Å². The second kappa shape index (κ2) is 4.77. The van der Waals surface area contributed by atoms with Crippen LogP contribution in [-0.2, 0) is 15.3 Å². The zero-order valence-electron chi connectivity index (χ0n) is 10.9. The predicted octanol–water partition coefficient (Wildman–Crippen LogP) is 1.82. The summed E-state index contributed by atoms with van der Waals surface area (Å²) in [5.41, 5.74) is -0.0168. The van der Waals surface area contributed by atoms with Crippen LogP contribution in [0.3, 0.4) is 0 Å². The molecule has 0 radical (unpaired) electrons. The predicted molar refractivity (Wildman–Crippen MR) is 73.9 cm³/mol. The molecule has 1 aromatic rings. The van der Waals surface area contributed by atoms with Crippen LogP contribution in [-0.4, -0.2) is 36.2 Å². The van der Waals surface area contributed by atoms with E-state index in [1.807, 2.05) is 0 Å². The normalized spacial score (nSPS) is 23.2. The maximum atomic E-state index is 11.7. The first kappa shape index (κ1) is 13.7. The van der Waals surface area contributed by atoms with Gasteiger partial charge >= 0.3 is 0 Å².